The lowest BCUT2D eigenvalue weighted by Crippen LogP contribution is -2.27. The van der Waals surface area contributed by atoms with Crippen LogP contribution in [0.2, 0.25) is 5.02 Å². The quantitative estimate of drug-likeness (QED) is 0.798. The molecule has 0 aliphatic rings. The zero-order valence-electron chi connectivity index (χ0n) is 10.3. The molecule has 0 saturated heterocycles. The van der Waals surface area contributed by atoms with Crippen molar-refractivity contribution in [2.24, 2.45) is 0 Å². The standard InChI is InChI=1S/C14H12BrClN2O/c1-18(9-10-5-7-11(16)8-6-10)14(19)12-3-2-4-13(15)17-12/h2-8H,9H2,1H3. The van der Waals surface area contributed by atoms with E-state index in [0.29, 0.717) is 21.9 Å². The maximum absolute atomic E-state index is 12.2. The van der Waals surface area contributed by atoms with Crippen LogP contribution >= 0.6 is 27.5 Å². The molecule has 98 valence electrons. The molecule has 2 rings (SSSR count). The van der Waals surface area contributed by atoms with Gasteiger partial charge in [-0.1, -0.05) is 29.8 Å². The van der Waals surface area contributed by atoms with Crippen molar-refractivity contribution in [3.8, 4) is 0 Å². The van der Waals surface area contributed by atoms with Gasteiger partial charge in [-0.05, 0) is 45.8 Å². The SMILES string of the molecule is CN(Cc1ccc(Cl)cc1)C(=O)c1cccc(Br)n1. The molecule has 0 radical (unpaired) electrons. The largest absolute Gasteiger partial charge is 0.336 e. The maximum atomic E-state index is 12.2. The number of hydrogen-bond donors (Lipinski definition) is 0. The first kappa shape index (κ1) is 14.0. The van der Waals surface area contributed by atoms with Gasteiger partial charge >= 0.3 is 0 Å². The molecule has 0 aliphatic heterocycles. The molecule has 0 unspecified atom stereocenters. The van der Waals surface area contributed by atoms with Crippen molar-refractivity contribution in [1.29, 1.82) is 0 Å². The van der Waals surface area contributed by atoms with Gasteiger partial charge < -0.3 is 4.90 Å². The van der Waals surface area contributed by atoms with Crippen molar-refractivity contribution in [3.63, 3.8) is 0 Å². The highest BCUT2D eigenvalue weighted by Crippen LogP contribution is 2.13. The Morgan fingerprint density at radius 1 is 1.26 bits per heavy atom. The molecule has 19 heavy (non-hydrogen) atoms. The first-order valence-corrected chi connectivity index (χ1v) is 6.86. The summed E-state index contributed by atoms with van der Waals surface area (Å²) >= 11 is 9.09. The van der Waals surface area contributed by atoms with Crippen LogP contribution in [0.5, 0.6) is 0 Å². The fourth-order valence-corrected chi connectivity index (χ4v) is 2.13. The van der Waals surface area contributed by atoms with Crippen LogP contribution in [-0.4, -0.2) is 22.8 Å². The molecule has 1 aromatic heterocycles. The Labute approximate surface area is 125 Å². The zero-order valence-corrected chi connectivity index (χ0v) is 12.6. The van der Waals surface area contributed by atoms with E-state index in [1.165, 1.54) is 0 Å². The van der Waals surface area contributed by atoms with Crippen molar-refractivity contribution < 1.29 is 4.79 Å². The number of aromatic nitrogens is 1. The van der Waals surface area contributed by atoms with E-state index >= 15 is 0 Å². The second kappa shape index (κ2) is 6.17. The second-order valence-electron chi connectivity index (χ2n) is 4.13. The fraction of sp³-hybridized carbons (Fsp3) is 0.143. The molecule has 1 amide bonds. The summed E-state index contributed by atoms with van der Waals surface area (Å²) in [4.78, 5) is 18.0. The molecular weight excluding hydrogens is 328 g/mol. The highest BCUT2D eigenvalue weighted by molar-refractivity contribution is 9.10. The number of benzene rings is 1. The molecule has 0 spiro atoms. The number of carbonyl (C=O) groups excluding carboxylic acids is 1. The van der Waals surface area contributed by atoms with Crippen LogP contribution in [0.3, 0.4) is 0 Å². The summed E-state index contributed by atoms with van der Waals surface area (Å²) in [6.45, 7) is 0.518. The van der Waals surface area contributed by atoms with Gasteiger partial charge in [0, 0.05) is 18.6 Å². The minimum absolute atomic E-state index is 0.115. The van der Waals surface area contributed by atoms with Crippen LogP contribution in [0.25, 0.3) is 0 Å². The molecule has 0 fully saturated rings. The Morgan fingerprint density at radius 2 is 1.95 bits per heavy atom. The second-order valence-corrected chi connectivity index (χ2v) is 5.38. The minimum Gasteiger partial charge on any atom is -0.336 e. The first-order chi connectivity index (χ1) is 9.06. The van der Waals surface area contributed by atoms with E-state index in [1.807, 2.05) is 24.3 Å². The van der Waals surface area contributed by atoms with Crippen LogP contribution in [0, 0.1) is 0 Å². The van der Waals surface area contributed by atoms with E-state index < -0.39 is 0 Å². The van der Waals surface area contributed by atoms with Gasteiger partial charge in [-0.25, -0.2) is 4.98 Å². The van der Waals surface area contributed by atoms with Gasteiger partial charge in [-0.3, -0.25) is 4.79 Å². The number of carbonyl (C=O) groups is 1. The van der Waals surface area contributed by atoms with E-state index in [9.17, 15) is 4.79 Å². The number of rotatable bonds is 3. The number of pyridine rings is 1. The zero-order chi connectivity index (χ0) is 13.8. The van der Waals surface area contributed by atoms with E-state index in [0.717, 1.165) is 5.56 Å². The van der Waals surface area contributed by atoms with Gasteiger partial charge in [0.05, 0.1) is 0 Å². The highest BCUT2D eigenvalue weighted by Gasteiger charge is 2.13. The van der Waals surface area contributed by atoms with Crippen molar-refractivity contribution >= 4 is 33.4 Å². The van der Waals surface area contributed by atoms with Crippen LogP contribution in [0.4, 0.5) is 0 Å². The first-order valence-electron chi connectivity index (χ1n) is 5.69. The van der Waals surface area contributed by atoms with E-state index in [1.54, 1.807) is 30.1 Å². The van der Waals surface area contributed by atoms with Crippen LogP contribution in [-0.2, 0) is 6.54 Å². The summed E-state index contributed by atoms with van der Waals surface area (Å²) < 4.78 is 0.651. The molecule has 5 heteroatoms. The summed E-state index contributed by atoms with van der Waals surface area (Å²) in [7, 11) is 1.75. The average molecular weight is 340 g/mol. The molecule has 2 aromatic rings. The summed E-state index contributed by atoms with van der Waals surface area (Å²) in [5.74, 6) is -0.115. The van der Waals surface area contributed by atoms with Crippen molar-refractivity contribution in [2.45, 2.75) is 6.54 Å². The normalized spacial score (nSPS) is 10.3. The van der Waals surface area contributed by atoms with Gasteiger partial charge in [-0.2, -0.15) is 0 Å². The van der Waals surface area contributed by atoms with Crippen molar-refractivity contribution in [3.05, 3.63) is 63.3 Å². The number of nitrogens with zero attached hydrogens (tertiary/aromatic N) is 2. The lowest BCUT2D eigenvalue weighted by atomic mass is 10.2. The molecule has 1 heterocycles. The predicted octanol–water partition coefficient (Wildman–Crippen LogP) is 3.77. The van der Waals surface area contributed by atoms with E-state index in [2.05, 4.69) is 20.9 Å². The lowest BCUT2D eigenvalue weighted by molar-refractivity contribution is 0.0779. The molecule has 0 atom stereocenters. The molecule has 0 N–H and O–H groups in total. The van der Waals surface area contributed by atoms with Crippen molar-refractivity contribution in [2.75, 3.05) is 7.05 Å². The molecule has 0 aliphatic carbocycles. The molecule has 3 nitrogen and oxygen atoms in total. The smallest absolute Gasteiger partial charge is 0.272 e. The van der Waals surface area contributed by atoms with Gasteiger partial charge in [0.1, 0.15) is 10.3 Å². The number of halogens is 2. The Hall–Kier alpha value is -1.39. The van der Waals surface area contributed by atoms with Crippen LogP contribution in [0.15, 0.2) is 47.1 Å². The van der Waals surface area contributed by atoms with E-state index in [-0.39, 0.29) is 5.91 Å². The minimum atomic E-state index is -0.115. The fourth-order valence-electron chi connectivity index (χ4n) is 1.66. The predicted molar refractivity (Wildman–Crippen MR) is 79.2 cm³/mol. The summed E-state index contributed by atoms with van der Waals surface area (Å²) in [5.41, 5.74) is 1.45. The third kappa shape index (κ3) is 3.78. The molecule has 1 aromatic carbocycles. The summed E-state index contributed by atoms with van der Waals surface area (Å²) in [6.07, 6.45) is 0. The van der Waals surface area contributed by atoms with Crippen LogP contribution < -0.4 is 0 Å². The van der Waals surface area contributed by atoms with Gasteiger partial charge in [0.25, 0.3) is 5.91 Å². The monoisotopic (exact) mass is 338 g/mol. The van der Waals surface area contributed by atoms with Gasteiger partial charge in [0.2, 0.25) is 0 Å². The van der Waals surface area contributed by atoms with Gasteiger partial charge in [0.15, 0.2) is 0 Å². The molecule has 0 bridgehead atoms. The Morgan fingerprint density at radius 3 is 2.58 bits per heavy atom. The highest BCUT2D eigenvalue weighted by atomic mass is 79.9. The maximum Gasteiger partial charge on any atom is 0.272 e. The van der Waals surface area contributed by atoms with Crippen LogP contribution in [0.1, 0.15) is 16.1 Å². The third-order valence-corrected chi connectivity index (χ3v) is 3.31. The number of amides is 1. The summed E-state index contributed by atoms with van der Waals surface area (Å²) in [5, 5.41) is 0.686. The average Bonchev–Trinajstić information content (AvgIpc) is 2.40. The Kier molecular flexibility index (Phi) is 4.56. The van der Waals surface area contributed by atoms with Gasteiger partial charge in [-0.15, -0.1) is 0 Å². The summed E-state index contributed by atoms with van der Waals surface area (Å²) in [6, 6.07) is 12.7. The molecular formula is C14H12BrClN2O. The topological polar surface area (TPSA) is 33.2 Å². The molecule has 0 saturated carbocycles. The Balaban J connectivity index is 2.09. The Bertz CT molecular complexity index is 586. The van der Waals surface area contributed by atoms with Crippen molar-refractivity contribution in [1.82, 2.24) is 9.88 Å². The third-order valence-electron chi connectivity index (χ3n) is 2.61. The number of hydrogen-bond acceptors (Lipinski definition) is 2. The lowest BCUT2D eigenvalue weighted by Gasteiger charge is -2.16. The van der Waals surface area contributed by atoms with E-state index in [4.69, 9.17) is 11.6 Å².